The van der Waals surface area contributed by atoms with Crippen LogP contribution in [0.2, 0.25) is 0 Å². The number of alkyl halides is 1. The smallest absolute Gasteiger partial charge is 0.319 e. The Balaban J connectivity index is 1.89. The summed E-state index contributed by atoms with van der Waals surface area (Å²) >= 11 is 0. The number of halogens is 1. The van der Waals surface area contributed by atoms with E-state index in [1.54, 1.807) is 24.3 Å². The second-order valence-corrected chi connectivity index (χ2v) is 4.40. The summed E-state index contributed by atoms with van der Waals surface area (Å²) in [5, 5.41) is 14.1. The average Bonchev–Trinajstić information content (AvgIpc) is 2.74. The summed E-state index contributed by atoms with van der Waals surface area (Å²) in [5.41, 5.74) is 1.04. The number of carbonyl (C=O) groups excluding carboxylic acids is 1. The summed E-state index contributed by atoms with van der Waals surface area (Å²) in [5.74, 6) is 0. The van der Waals surface area contributed by atoms with E-state index in [0.717, 1.165) is 0 Å². The van der Waals surface area contributed by atoms with Gasteiger partial charge in [0.2, 0.25) is 0 Å². The van der Waals surface area contributed by atoms with Gasteiger partial charge in [-0.25, -0.2) is 9.18 Å². The SMILES string of the molecule is N#Cc1cccc(NC(=O)NC2CCC(F)C2)c1. The van der Waals surface area contributed by atoms with Crippen LogP contribution in [-0.2, 0) is 0 Å². The first-order valence-electron chi connectivity index (χ1n) is 5.89. The highest BCUT2D eigenvalue weighted by molar-refractivity contribution is 5.89. The van der Waals surface area contributed by atoms with Gasteiger partial charge in [-0.1, -0.05) is 6.07 Å². The van der Waals surface area contributed by atoms with Gasteiger partial charge in [0.15, 0.2) is 0 Å². The lowest BCUT2D eigenvalue weighted by atomic mass is 10.2. The van der Waals surface area contributed by atoms with E-state index in [1.165, 1.54) is 0 Å². The third kappa shape index (κ3) is 3.20. The molecule has 2 unspecified atom stereocenters. The van der Waals surface area contributed by atoms with Crippen LogP contribution in [-0.4, -0.2) is 18.2 Å². The Labute approximate surface area is 105 Å². The molecule has 2 N–H and O–H groups in total. The molecule has 4 nitrogen and oxygen atoms in total. The van der Waals surface area contributed by atoms with Gasteiger partial charge in [-0.05, 0) is 37.5 Å². The second kappa shape index (κ2) is 5.50. The topological polar surface area (TPSA) is 64.9 Å². The molecule has 1 aromatic carbocycles. The molecule has 1 fully saturated rings. The van der Waals surface area contributed by atoms with Crippen molar-refractivity contribution in [3.63, 3.8) is 0 Å². The number of nitrogens with zero attached hydrogens (tertiary/aromatic N) is 1. The van der Waals surface area contributed by atoms with Crippen molar-refractivity contribution >= 4 is 11.7 Å². The Hall–Kier alpha value is -2.09. The zero-order chi connectivity index (χ0) is 13.0. The van der Waals surface area contributed by atoms with Crippen LogP contribution in [0.3, 0.4) is 0 Å². The molecular formula is C13H14FN3O. The van der Waals surface area contributed by atoms with Gasteiger partial charge in [-0.2, -0.15) is 5.26 Å². The van der Waals surface area contributed by atoms with Crippen molar-refractivity contribution < 1.29 is 9.18 Å². The molecule has 1 aliphatic carbocycles. The number of carbonyl (C=O) groups is 1. The Morgan fingerprint density at radius 3 is 2.94 bits per heavy atom. The number of hydrogen-bond donors (Lipinski definition) is 2. The summed E-state index contributed by atoms with van der Waals surface area (Å²) in [6, 6.07) is 8.19. The third-order valence-electron chi connectivity index (χ3n) is 2.95. The van der Waals surface area contributed by atoms with E-state index in [2.05, 4.69) is 10.6 Å². The van der Waals surface area contributed by atoms with Crippen LogP contribution in [0.5, 0.6) is 0 Å². The second-order valence-electron chi connectivity index (χ2n) is 4.40. The van der Waals surface area contributed by atoms with Crippen molar-refractivity contribution in [1.82, 2.24) is 5.32 Å². The summed E-state index contributed by atoms with van der Waals surface area (Å²) in [6.07, 6.45) is 0.755. The van der Waals surface area contributed by atoms with E-state index in [-0.39, 0.29) is 12.1 Å². The quantitative estimate of drug-likeness (QED) is 0.843. The lowest BCUT2D eigenvalue weighted by Crippen LogP contribution is -2.36. The monoisotopic (exact) mass is 247 g/mol. The first-order valence-corrected chi connectivity index (χ1v) is 5.89. The van der Waals surface area contributed by atoms with Gasteiger partial charge in [0.25, 0.3) is 0 Å². The van der Waals surface area contributed by atoms with E-state index in [1.807, 2.05) is 6.07 Å². The standard InChI is InChI=1S/C13H14FN3O/c14-10-4-5-12(7-10)17-13(18)16-11-3-1-2-9(6-11)8-15/h1-3,6,10,12H,4-5,7H2,(H2,16,17,18). The number of benzene rings is 1. The predicted molar refractivity (Wildman–Crippen MR) is 65.8 cm³/mol. The van der Waals surface area contributed by atoms with Crippen LogP contribution < -0.4 is 10.6 Å². The lowest BCUT2D eigenvalue weighted by molar-refractivity contribution is 0.247. The van der Waals surface area contributed by atoms with Gasteiger partial charge in [-0.15, -0.1) is 0 Å². The van der Waals surface area contributed by atoms with Crippen LogP contribution in [0.1, 0.15) is 24.8 Å². The molecule has 0 saturated heterocycles. The minimum Gasteiger partial charge on any atom is -0.335 e. The summed E-state index contributed by atoms with van der Waals surface area (Å²) in [6.45, 7) is 0. The minimum absolute atomic E-state index is 0.0980. The number of amides is 2. The fourth-order valence-electron chi connectivity index (χ4n) is 2.08. The maximum atomic E-state index is 12.9. The molecule has 2 amide bonds. The van der Waals surface area contributed by atoms with Crippen molar-refractivity contribution in [2.75, 3.05) is 5.32 Å². The minimum atomic E-state index is -0.808. The van der Waals surface area contributed by atoms with Crippen LogP contribution in [0.25, 0.3) is 0 Å². The Kier molecular flexibility index (Phi) is 3.78. The molecule has 2 atom stereocenters. The van der Waals surface area contributed by atoms with E-state index >= 15 is 0 Å². The van der Waals surface area contributed by atoms with Crippen molar-refractivity contribution in [2.24, 2.45) is 0 Å². The van der Waals surface area contributed by atoms with Gasteiger partial charge in [0.1, 0.15) is 6.17 Å². The maximum Gasteiger partial charge on any atom is 0.319 e. The van der Waals surface area contributed by atoms with Gasteiger partial charge in [0, 0.05) is 11.7 Å². The Morgan fingerprint density at radius 2 is 2.28 bits per heavy atom. The molecule has 94 valence electrons. The molecule has 0 aromatic heterocycles. The highest BCUT2D eigenvalue weighted by Crippen LogP contribution is 2.21. The zero-order valence-electron chi connectivity index (χ0n) is 9.82. The molecule has 0 aliphatic heterocycles. The molecule has 2 rings (SSSR count). The van der Waals surface area contributed by atoms with E-state index in [0.29, 0.717) is 30.5 Å². The number of nitriles is 1. The summed E-state index contributed by atoms with van der Waals surface area (Å²) in [7, 11) is 0. The van der Waals surface area contributed by atoms with Crippen LogP contribution in [0.4, 0.5) is 14.9 Å². The Morgan fingerprint density at radius 1 is 1.44 bits per heavy atom. The fraction of sp³-hybridized carbons (Fsp3) is 0.385. The molecular weight excluding hydrogens is 233 g/mol. The molecule has 1 aromatic rings. The summed E-state index contributed by atoms with van der Waals surface area (Å²) in [4.78, 5) is 11.6. The average molecular weight is 247 g/mol. The van der Waals surface area contributed by atoms with Gasteiger partial charge in [0.05, 0.1) is 11.6 Å². The van der Waals surface area contributed by atoms with Crippen molar-refractivity contribution in [1.29, 1.82) is 5.26 Å². The highest BCUT2D eigenvalue weighted by atomic mass is 19.1. The van der Waals surface area contributed by atoms with Crippen LogP contribution >= 0.6 is 0 Å². The summed E-state index contributed by atoms with van der Waals surface area (Å²) < 4.78 is 12.9. The molecule has 1 saturated carbocycles. The zero-order valence-corrected chi connectivity index (χ0v) is 9.82. The van der Waals surface area contributed by atoms with Crippen molar-refractivity contribution in [3.05, 3.63) is 29.8 Å². The van der Waals surface area contributed by atoms with Crippen molar-refractivity contribution in [2.45, 2.75) is 31.5 Å². The van der Waals surface area contributed by atoms with Gasteiger partial charge < -0.3 is 10.6 Å². The fourth-order valence-corrected chi connectivity index (χ4v) is 2.08. The first-order chi connectivity index (χ1) is 8.67. The van der Waals surface area contributed by atoms with Crippen LogP contribution in [0.15, 0.2) is 24.3 Å². The van der Waals surface area contributed by atoms with Gasteiger partial charge >= 0.3 is 6.03 Å². The molecule has 18 heavy (non-hydrogen) atoms. The van der Waals surface area contributed by atoms with Crippen LogP contribution in [0, 0.1) is 11.3 Å². The number of anilines is 1. The van der Waals surface area contributed by atoms with E-state index < -0.39 is 6.17 Å². The molecule has 5 heteroatoms. The highest BCUT2D eigenvalue weighted by Gasteiger charge is 2.25. The molecule has 0 heterocycles. The molecule has 1 aliphatic rings. The van der Waals surface area contributed by atoms with E-state index in [4.69, 9.17) is 5.26 Å². The molecule has 0 radical (unpaired) electrons. The van der Waals surface area contributed by atoms with Gasteiger partial charge in [-0.3, -0.25) is 0 Å². The number of urea groups is 1. The predicted octanol–water partition coefficient (Wildman–Crippen LogP) is 2.57. The third-order valence-corrected chi connectivity index (χ3v) is 2.95. The number of hydrogen-bond acceptors (Lipinski definition) is 2. The Bertz CT molecular complexity index is 483. The first kappa shape index (κ1) is 12.4. The van der Waals surface area contributed by atoms with Crippen molar-refractivity contribution in [3.8, 4) is 6.07 Å². The lowest BCUT2D eigenvalue weighted by Gasteiger charge is -2.13. The number of rotatable bonds is 2. The molecule has 0 bridgehead atoms. The maximum absolute atomic E-state index is 12.9. The normalized spacial score (nSPS) is 22.2. The molecule has 0 spiro atoms. The largest absolute Gasteiger partial charge is 0.335 e. The number of nitrogens with one attached hydrogen (secondary N) is 2. The van der Waals surface area contributed by atoms with E-state index in [9.17, 15) is 9.18 Å².